The molecule has 0 aliphatic heterocycles. The van der Waals surface area contributed by atoms with E-state index in [1.807, 2.05) is 0 Å². The van der Waals surface area contributed by atoms with E-state index in [4.69, 9.17) is 5.11 Å². The summed E-state index contributed by atoms with van der Waals surface area (Å²) in [5.41, 5.74) is 0. The van der Waals surface area contributed by atoms with E-state index in [0.717, 1.165) is 25.7 Å². The third-order valence-corrected chi connectivity index (χ3v) is 3.57. The van der Waals surface area contributed by atoms with Gasteiger partial charge in [0.1, 0.15) is 0 Å². The lowest BCUT2D eigenvalue weighted by atomic mass is 9.87. The van der Waals surface area contributed by atoms with Gasteiger partial charge in [-0.3, -0.25) is 0 Å². The minimum absolute atomic E-state index is 0.0941. The molecule has 2 N–H and O–H groups in total. The van der Waals surface area contributed by atoms with Gasteiger partial charge in [0.05, 0.1) is 6.10 Å². The molecule has 0 saturated heterocycles. The van der Waals surface area contributed by atoms with Crippen LogP contribution in [0.4, 0.5) is 0 Å². The zero-order valence-electron chi connectivity index (χ0n) is 9.28. The SMILES string of the molecule is CCCCC[C@H]1C(O)CCC1CCO. The molecular formula is C12H24O2. The predicted molar refractivity (Wildman–Crippen MR) is 58.1 cm³/mol. The number of hydrogen-bond acceptors (Lipinski definition) is 2. The fourth-order valence-electron chi connectivity index (χ4n) is 2.71. The molecule has 0 bridgehead atoms. The van der Waals surface area contributed by atoms with Crippen LogP contribution >= 0.6 is 0 Å². The second-order valence-corrected chi connectivity index (χ2v) is 4.58. The number of rotatable bonds is 6. The van der Waals surface area contributed by atoms with E-state index in [-0.39, 0.29) is 12.7 Å². The Balaban J connectivity index is 2.29. The van der Waals surface area contributed by atoms with Crippen LogP contribution < -0.4 is 0 Å². The molecule has 1 fully saturated rings. The van der Waals surface area contributed by atoms with Gasteiger partial charge < -0.3 is 10.2 Å². The summed E-state index contributed by atoms with van der Waals surface area (Å²) in [6.45, 7) is 2.48. The number of unbranched alkanes of at least 4 members (excludes halogenated alkanes) is 2. The Bertz CT molecular complexity index is 145. The molecule has 0 heterocycles. The molecule has 0 aromatic rings. The van der Waals surface area contributed by atoms with E-state index in [2.05, 4.69) is 6.92 Å². The van der Waals surface area contributed by atoms with E-state index in [0.29, 0.717) is 11.8 Å². The Morgan fingerprint density at radius 1 is 1.14 bits per heavy atom. The summed E-state index contributed by atoms with van der Waals surface area (Å²) in [5, 5.41) is 18.7. The van der Waals surface area contributed by atoms with Crippen molar-refractivity contribution in [3.63, 3.8) is 0 Å². The van der Waals surface area contributed by atoms with Crippen molar-refractivity contribution in [3.05, 3.63) is 0 Å². The minimum Gasteiger partial charge on any atom is -0.396 e. The predicted octanol–water partition coefficient (Wildman–Crippen LogP) is 2.34. The Labute approximate surface area is 87.3 Å². The van der Waals surface area contributed by atoms with Crippen molar-refractivity contribution in [2.24, 2.45) is 11.8 Å². The van der Waals surface area contributed by atoms with Crippen LogP contribution in [0.2, 0.25) is 0 Å². The molecule has 1 aliphatic rings. The topological polar surface area (TPSA) is 40.5 Å². The maximum atomic E-state index is 9.80. The second-order valence-electron chi connectivity index (χ2n) is 4.58. The van der Waals surface area contributed by atoms with Gasteiger partial charge in [-0.05, 0) is 37.5 Å². The Hall–Kier alpha value is -0.0800. The van der Waals surface area contributed by atoms with E-state index < -0.39 is 0 Å². The summed E-state index contributed by atoms with van der Waals surface area (Å²) >= 11 is 0. The molecule has 0 radical (unpaired) electrons. The highest BCUT2D eigenvalue weighted by Gasteiger charge is 2.33. The molecule has 2 unspecified atom stereocenters. The molecule has 0 aromatic carbocycles. The summed E-state index contributed by atoms with van der Waals surface area (Å²) in [6, 6.07) is 0. The Morgan fingerprint density at radius 3 is 2.57 bits per heavy atom. The monoisotopic (exact) mass is 200 g/mol. The fourth-order valence-corrected chi connectivity index (χ4v) is 2.71. The minimum atomic E-state index is -0.0941. The van der Waals surface area contributed by atoms with E-state index in [1.54, 1.807) is 0 Å². The van der Waals surface area contributed by atoms with E-state index in [1.165, 1.54) is 19.3 Å². The van der Waals surface area contributed by atoms with E-state index in [9.17, 15) is 5.11 Å². The number of aliphatic hydroxyl groups excluding tert-OH is 2. The zero-order chi connectivity index (χ0) is 10.4. The van der Waals surface area contributed by atoms with Crippen LogP contribution in [0.5, 0.6) is 0 Å². The molecule has 2 heteroatoms. The standard InChI is InChI=1S/C12H24O2/c1-2-3-4-5-11-10(8-9-13)6-7-12(11)14/h10-14H,2-9H2,1H3/t10?,11-,12?/m1/s1. The van der Waals surface area contributed by atoms with Crippen LogP contribution in [0, 0.1) is 11.8 Å². The fraction of sp³-hybridized carbons (Fsp3) is 1.00. The van der Waals surface area contributed by atoms with Gasteiger partial charge in [0, 0.05) is 6.61 Å². The van der Waals surface area contributed by atoms with Crippen LogP contribution in [0.1, 0.15) is 51.9 Å². The van der Waals surface area contributed by atoms with Crippen molar-refractivity contribution < 1.29 is 10.2 Å². The largest absolute Gasteiger partial charge is 0.396 e. The van der Waals surface area contributed by atoms with Gasteiger partial charge in [-0.15, -0.1) is 0 Å². The molecular weight excluding hydrogens is 176 g/mol. The zero-order valence-corrected chi connectivity index (χ0v) is 9.28. The second kappa shape index (κ2) is 6.41. The van der Waals surface area contributed by atoms with Crippen LogP contribution in [0.3, 0.4) is 0 Å². The molecule has 3 atom stereocenters. The molecule has 1 saturated carbocycles. The van der Waals surface area contributed by atoms with Crippen molar-refractivity contribution in [1.82, 2.24) is 0 Å². The lowest BCUT2D eigenvalue weighted by Gasteiger charge is -2.21. The Kier molecular flexibility index (Phi) is 5.49. The highest BCUT2D eigenvalue weighted by atomic mass is 16.3. The summed E-state index contributed by atoms with van der Waals surface area (Å²) in [5.74, 6) is 1.04. The van der Waals surface area contributed by atoms with Crippen molar-refractivity contribution in [1.29, 1.82) is 0 Å². The molecule has 2 nitrogen and oxygen atoms in total. The van der Waals surface area contributed by atoms with Gasteiger partial charge >= 0.3 is 0 Å². The third kappa shape index (κ3) is 3.25. The highest BCUT2D eigenvalue weighted by Crippen LogP contribution is 2.37. The first kappa shape index (κ1) is 12.0. The Morgan fingerprint density at radius 2 is 1.93 bits per heavy atom. The van der Waals surface area contributed by atoms with Gasteiger partial charge in [-0.25, -0.2) is 0 Å². The van der Waals surface area contributed by atoms with Crippen LogP contribution in [-0.2, 0) is 0 Å². The molecule has 1 aliphatic carbocycles. The first-order chi connectivity index (χ1) is 6.79. The number of aliphatic hydroxyl groups is 2. The molecule has 0 spiro atoms. The van der Waals surface area contributed by atoms with Crippen LogP contribution in [0.25, 0.3) is 0 Å². The first-order valence-electron chi connectivity index (χ1n) is 6.08. The van der Waals surface area contributed by atoms with Crippen molar-refractivity contribution in [3.8, 4) is 0 Å². The van der Waals surface area contributed by atoms with Gasteiger partial charge in [0.25, 0.3) is 0 Å². The average molecular weight is 200 g/mol. The lowest BCUT2D eigenvalue weighted by Crippen LogP contribution is -2.19. The summed E-state index contributed by atoms with van der Waals surface area (Å²) < 4.78 is 0. The number of hydrogen-bond donors (Lipinski definition) is 2. The molecule has 0 amide bonds. The smallest absolute Gasteiger partial charge is 0.0571 e. The van der Waals surface area contributed by atoms with Crippen molar-refractivity contribution in [2.45, 2.75) is 58.0 Å². The van der Waals surface area contributed by atoms with Gasteiger partial charge in [0.2, 0.25) is 0 Å². The van der Waals surface area contributed by atoms with Crippen LogP contribution in [-0.4, -0.2) is 22.9 Å². The van der Waals surface area contributed by atoms with Crippen molar-refractivity contribution >= 4 is 0 Å². The average Bonchev–Trinajstić information content (AvgIpc) is 2.50. The third-order valence-electron chi connectivity index (χ3n) is 3.57. The molecule has 1 rings (SSSR count). The van der Waals surface area contributed by atoms with Gasteiger partial charge in [-0.2, -0.15) is 0 Å². The highest BCUT2D eigenvalue weighted by molar-refractivity contribution is 4.84. The first-order valence-corrected chi connectivity index (χ1v) is 6.08. The molecule has 84 valence electrons. The van der Waals surface area contributed by atoms with Crippen molar-refractivity contribution in [2.75, 3.05) is 6.61 Å². The van der Waals surface area contributed by atoms with Gasteiger partial charge in [0.15, 0.2) is 0 Å². The molecule has 14 heavy (non-hydrogen) atoms. The maximum absolute atomic E-state index is 9.80. The van der Waals surface area contributed by atoms with Gasteiger partial charge in [-0.1, -0.05) is 26.2 Å². The summed E-state index contributed by atoms with van der Waals surface area (Å²) in [6.07, 6.45) is 7.75. The lowest BCUT2D eigenvalue weighted by molar-refractivity contribution is 0.102. The quantitative estimate of drug-likeness (QED) is 0.646. The normalized spacial score (nSPS) is 32.4. The molecule has 0 aromatic heterocycles. The maximum Gasteiger partial charge on any atom is 0.0571 e. The summed E-state index contributed by atoms with van der Waals surface area (Å²) in [4.78, 5) is 0. The van der Waals surface area contributed by atoms with Crippen LogP contribution in [0.15, 0.2) is 0 Å². The van der Waals surface area contributed by atoms with E-state index >= 15 is 0 Å². The summed E-state index contributed by atoms with van der Waals surface area (Å²) in [7, 11) is 0.